The van der Waals surface area contributed by atoms with Gasteiger partial charge in [0.25, 0.3) is 5.78 Å². The first-order chi connectivity index (χ1) is 32.5. The van der Waals surface area contributed by atoms with Crippen molar-refractivity contribution in [3.05, 3.63) is 108 Å². The first kappa shape index (κ1) is 53.5. The van der Waals surface area contributed by atoms with Crippen molar-refractivity contribution in [1.82, 2.24) is 31.9 Å². The lowest BCUT2D eigenvalue weighted by Crippen LogP contribution is -2.61. The fraction of sp³-hybridized carbons (Fsp3) is 0.417. The summed E-state index contributed by atoms with van der Waals surface area (Å²) in [4.78, 5) is 131. The molecule has 364 valence electrons. The normalized spacial score (nSPS) is 15.2. The van der Waals surface area contributed by atoms with Crippen LogP contribution >= 0.6 is 12.6 Å². The van der Waals surface area contributed by atoms with Gasteiger partial charge in [-0.25, -0.2) is 4.79 Å². The molecule has 68 heavy (non-hydrogen) atoms. The van der Waals surface area contributed by atoms with E-state index in [2.05, 4.69) is 44.5 Å². The Labute approximate surface area is 398 Å². The van der Waals surface area contributed by atoms with Crippen molar-refractivity contribution >= 4 is 71.8 Å². The maximum atomic E-state index is 15.0. The molecule has 0 unspecified atom stereocenters. The molecule has 0 aliphatic heterocycles. The van der Waals surface area contributed by atoms with Crippen LogP contribution in [0.15, 0.2) is 91.0 Å². The van der Waals surface area contributed by atoms with E-state index in [-0.39, 0.29) is 24.5 Å². The Morgan fingerprint density at radius 3 is 1.56 bits per heavy atom. The van der Waals surface area contributed by atoms with Crippen molar-refractivity contribution < 1.29 is 63.3 Å². The van der Waals surface area contributed by atoms with Crippen LogP contribution in [0, 0.1) is 5.92 Å². The van der Waals surface area contributed by atoms with Gasteiger partial charge in [-0.15, -0.1) is 0 Å². The molecule has 6 atom stereocenters. The highest BCUT2D eigenvalue weighted by Crippen LogP contribution is 2.30. The third-order valence-electron chi connectivity index (χ3n) is 11.5. The van der Waals surface area contributed by atoms with E-state index in [1.165, 1.54) is 0 Å². The van der Waals surface area contributed by atoms with Crippen molar-refractivity contribution in [3.8, 4) is 0 Å². The molecule has 6 amide bonds. The van der Waals surface area contributed by atoms with Crippen LogP contribution < -0.4 is 31.9 Å². The zero-order chi connectivity index (χ0) is 49.8. The van der Waals surface area contributed by atoms with E-state index in [0.29, 0.717) is 29.5 Å². The quantitative estimate of drug-likeness (QED) is 0.0407. The molecule has 1 aliphatic carbocycles. The van der Waals surface area contributed by atoms with Gasteiger partial charge in [0.1, 0.15) is 36.3 Å². The number of amides is 6. The summed E-state index contributed by atoms with van der Waals surface area (Å²) in [5, 5.41) is 43.8. The van der Waals surface area contributed by atoms with E-state index in [0.717, 1.165) is 26.2 Å². The number of rotatable bonds is 26. The summed E-state index contributed by atoms with van der Waals surface area (Å²) in [5.41, 5.74) is 1.58. The van der Waals surface area contributed by atoms with Gasteiger partial charge in [0.15, 0.2) is 0 Å². The lowest BCUT2D eigenvalue weighted by molar-refractivity contribution is -0.150. The van der Waals surface area contributed by atoms with Crippen molar-refractivity contribution in [3.63, 3.8) is 0 Å². The number of carboxylic acid groups (broad SMARTS) is 3. The molecule has 4 rings (SSSR count). The first-order valence-corrected chi connectivity index (χ1v) is 22.8. The Hall–Kier alpha value is -7.09. The second-order valence-corrected chi connectivity index (χ2v) is 17.0. The van der Waals surface area contributed by atoms with Crippen molar-refractivity contribution in [2.24, 2.45) is 5.92 Å². The molecule has 20 heteroatoms. The average Bonchev–Trinajstić information content (AvgIpc) is 3.31. The number of Topliss-reactive ketones (excluding diaryl/α,β-unsaturated/α-hetero) is 1. The third kappa shape index (κ3) is 17.0. The molecule has 9 N–H and O–H groups in total. The van der Waals surface area contributed by atoms with Gasteiger partial charge in [-0.1, -0.05) is 123 Å². The summed E-state index contributed by atoms with van der Waals surface area (Å²) in [7, 11) is 0. The number of ketones is 1. The highest BCUT2D eigenvalue weighted by Gasteiger charge is 2.39. The lowest BCUT2D eigenvalue weighted by atomic mass is 9.84. The minimum atomic E-state index is -1.80. The lowest BCUT2D eigenvalue weighted by Gasteiger charge is -2.32. The van der Waals surface area contributed by atoms with Gasteiger partial charge >= 0.3 is 17.9 Å². The molecular formula is C48H58N6O13S. The van der Waals surface area contributed by atoms with Crippen LogP contribution in [0.1, 0.15) is 87.3 Å². The largest absolute Gasteiger partial charge is 0.481 e. The maximum absolute atomic E-state index is 15.0. The van der Waals surface area contributed by atoms with Gasteiger partial charge in [-0.05, 0) is 35.4 Å². The van der Waals surface area contributed by atoms with Gasteiger partial charge in [0.2, 0.25) is 35.4 Å². The van der Waals surface area contributed by atoms with E-state index in [9.17, 15) is 58.5 Å². The number of hydrogen-bond acceptors (Lipinski definition) is 11. The number of carbonyl (C=O) groups is 10. The number of carbonyl (C=O) groups excluding carboxylic acids is 7. The second-order valence-electron chi connectivity index (χ2n) is 16.6. The fourth-order valence-electron chi connectivity index (χ4n) is 8.09. The van der Waals surface area contributed by atoms with Crippen LogP contribution in [0.2, 0.25) is 0 Å². The highest BCUT2D eigenvalue weighted by molar-refractivity contribution is 7.80. The van der Waals surface area contributed by atoms with Crippen LogP contribution in [0.4, 0.5) is 0 Å². The standard InChI is InChI=1S/C48H58N6O13S/c1-28(55)49-36(26-39(58)59)45(63)52-35(25-30-16-8-3-9-17-30)46(64)54-41(40(31-18-10-4-11-19-31)32-20-12-5-13-21-32)47(65)50-33(22-23-38(56)57)43(61)51-34(24-29-14-6-2-7-15-29)44(62)53-37(27-68)42(60)48(66)67/h3-5,8-13,16-21,29,33-37,40-41,68H,2,6-7,14-15,22-27H2,1H3,(H,49,55)(H,50,65)(H,51,61)(H,52,63)(H,53,62)(H,54,64)(H,56,57)(H,58,59)(H,66,67)/t33-,34-,35-,36-,37-,41-/m0/s1. The Balaban J connectivity index is 1.77. The van der Waals surface area contributed by atoms with E-state index in [1.54, 1.807) is 91.0 Å². The Morgan fingerprint density at radius 1 is 0.559 bits per heavy atom. The average molecular weight is 959 g/mol. The highest BCUT2D eigenvalue weighted by atomic mass is 32.1. The molecule has 3 aromatic rings. The molecule has 0 heterocycles. The monoisotopic (exact) mass is 958 g/mol. The number of thiol groups is 1. The summed E-state index contributed by atoms with van der Waals surface area (Å²) in [5.74, 6) is -12.8. The predicted octanol–water partition coefficient (Wildman–Crippen LogP) is 1.88. The molecular weight excluding hydrogens is 901 g/mol. The van der Waals surface area contributed by atoms with Gasteiger partial charge in [0.05, 0.1) is 6.42 Å². The minimum Gasteiger partial charge on any atom is -0.481 e. The van der Waals surface area contributed by atoms with E-state index < -0.39 is 121 Å². The number of hydrogen-bond donors (Lipinski definition) is 10. The summed E-state index contributed by atoms with van der Waals surface area (Å²) in [6, 6.07) is 16.3. The number of nitrogens with one attached hydrogen (secondary N) is 6. The first-order valence-electron chi connectivity index (χ1n) is 22.2. The van der Waals surface area contributed by atoms with E-state index in [4.69, 9.17) is 0 Å². The molecule has 0 aromatic heterocycles. The van der Waals surface area contributed by atoms with Crippen LogP contribution in [0.3, 0.4) is 0 Å². The molecule has 19 nitrogen and oxygen atoms in total. The zero-order valence-electron chi connectivity index (χ0n) is 37.4. The second kappa shape index (κ2) is 26.9. The van der Waals surface area contributed by atoms with Gasteiger partial charge in [-0.3, -0.25) is 43.2 Å². The molecule has 1 saturated carbocycles. The number of benzene rings is 3. The molecule has 1 fully saturated rings. The zero-order valence-corrected chi connectivity index (χ0v) is 38.3. The van der Waals surface area contributed by atoms with Crippen molar-refractivity contribution in [2.45, 2.75) is 113 Å². The molecule has 0 radical (unpaired) electrons. The summed E-state index contributed by atoms with van der Waals surface area (Å²) in [6.07, 6.45) is 2.04. The Kier molecular flexibility index (Phi) is 21.2. The fourth-order valence-corrected chi connectivity index (χ4v) is 8.34. The van der Waals surface area contributed by atoms with Crippen molar-refractivity contribution in [1.29, 1.82) is 0 Å². The molecule has 1 aliphatic rings. The molecule has 0 spiro atoms. The Bertz CT molecular complexity index is 2190. The van der Waals surface area contributed by atoms with Gasteiger partial charge < -0.3 is 47.2 Å². The summed E-state index contributed by atoms with van der Waals surface area (Å²) >= 11 is 4.03. The van der Waals surface area contributed by atoms with Crippen LogP contribution in [-0.4, -0.2) is 116 Å². The number of aliphatic carboxylic acids is 3. The van der Waals surface area contributed by atoms with Crippen molar-refractivity contribution in [2.75, 3.05) is 5.75 Å². The summed E-state index contributed by atoms with van der Waals surface area (Å²) < 4.78 is 0. The Morgan fingerprint density at radius 2 is 1.04 bits per heavy atom. The SMILES string of the molecule is CC(=O)N[C@@H](CC(=O)O)C(=O)N[C@@H](Cc1ccccc1)C(=O)N[C@H](C(=O)N[C@@H](CCC(=O)O)C(=O)N[C@@H](CC1CCCCC1)C(=O)N[C@@H](CS)C(=O)C(=O)O)C(c1ccccc1)c1ccccc1. The van der Waals surface area contributed by atoms with Gasteiger partial charge in [-0.2, -0.15) is 12.6 Å². The molecule has 0 saturated heterocycles. The van der Waals surface area contributed by atoms with Gasteiger partial charge in [0, 0.05) is 31.4 Å². The topological polar surface area (TPSA) is 304 Å². The molecule has 3 aromatic carbocycles. The van der Waals surface area contributed by atoms with Crippen LogP contribution in [-0.2, 0) is 54.4 Å². The maximum Gasteiger partial charge on any atom is 0.374 e. The van der Waals surface area contributed by atoms with E-state index in [1.807, 2.05) is 0 Å². The molecule has 0 bridgehead atoms. The summed E-state index contributed by atoms with van der Waals surface area (Å²) in [6.45, 7) is 1.09. The van der Waals surface area contributed by atoms with Crippen LogP contribution in [0.5, 0.6) is 0 Å². The minimum absolute atomic E-state index is 0.0597. The third-order valence-corrected chi connectivity index (χ3v) is 11.8. The smallest absolute Gasteiger partial charge is 0.374 e. The van der Waals surface area contributed by atoms with Crippen LogP contribution in [0.25, 0.3) is 0 Å². The predicted molar refractivity (Wildman–Crippen MR) is 249 cm³/mol. The number of carboxylic acids is 3. The van der Waals surface area contributed by atoms with E-state index >= 15 is 4.79 Å².